The summed E-state index contributed by atoms with van der Waals surface area (Å²) < 4.78 is 0. The van der Waals surface area contributed by atoms with E-state index in [1.807, 2.05) is 0 Å². The van der Waals surface area contributed by atoms with Gasteiger partial charge in [0.2, 0.25) is 0 Å². The summed E-state index contributed by atoms with van der Waals surface area (Å²) in [7, 11) is 0. The summed E-state index contributed by atoms with van der Waals surface area (Å²) in [6, 6.07) is 0. The average molecular weight is 327 g/mol. The quantitative estimate of drug-likeness (QED) is 0.605. The first-order valence-corrected chi connectivity index (χ1v) is 1.86. The normalized spacial score (nSPS) is 5.56. The van der Waals surface area contributed by atoms with Gasteiger partial charge in [0.05, 0.1) is 0 Å². The molecule has 0 saturated heterocycles. The van der Waals surface area contributed by atoms with Crippen molar-refractivity contribution >= 4 is 39.2 Å². The molecule has 0 atom stereocenters. The summed E-state index contributed by atoms with van der Waals surface area (Å²) in [6.45, 7) is 2.17. The minimum atomic E-state index is -0.833. The molecule has 52 valence electrons. The average Bonchev–Trinajstić information content (AvgIpc) is 1.25. The van der Waals surface area contributed by atoms with Gasteiger partial charge in [-0.25, -0.2) is 0 Å². The van der Waals surface area contributed by atoms with Gasteiger partial charge in [-0.15, -0.1) is 0 Å². The number of aliphatic carboxylic acids is 2. The zero-order valence-corrected chi connectivity index (χ0v) is 9.10. The van der Waals surface area contributed by atoms with Crippen molar-refractivity contribution in [2.24, 2.45) is 0 Å². The van der Waals surface area contributed by atoms with Gasteiger partial charge in [0.1, 0.15) is 0 Å². The molecule has 0 aliphatic heterocycles. The number of hydrogen-bond acceptors (Lipinski definition) is 2. The van der Waals surface area contributed by atoms with Crippen LogP contribution >= 0.6 is 0 Å². The van der Waals surface area contributed by atoms with Gasteiger partial charge in [-0.2, -0.15) is 0 Å². The number of carboxylic acid groups (broad SMARTS) is 2. The number of carboxylic acids is 2. The summed E-state index contributed by atoms with van der Waals surface area (Å²) >= 11 is 0. The smallest absolute Gasteiger partial charge is 0.300 e. The Bertz CT molecular complexity index is 70.6. The van der Waals surface area contributed by atoms with E-state index < -0.39 is 11.9 Å². The molecule has 4 radical (unpaired) electrons. The topological polar surface area (TPSA) is 74.6 Å². The van der Waals surface area contributed by atoms with Crippen LogP contribution < -0.4 is 0 Å². The van der Waals surface area contributed by atoms with Crippen LogP contribution in [0.1, 0.15) is 13.8 Å². The maximum Gasteiger partial charge on any atom is 0.300 e. The molecular weight excluding hydrogens is 319 g/mol. The van der Waals surface area contributed by atoms with Crippen LogP contribution in [0, 0.1) is 0 Å². The van der Waals surface area contributed by atoms with E-state index in [1.54, 1.807) is 0 Å². The minimum Gasteiger partial charge on any atom is -0.481 e. The second kappa shape index (κ2) is 10.8. The van der Waals surface area contributed by atoms with E-state index in [4.69, 9.17) is 19.8 Å². The van der Waals surface area contributed by atoms with Gasteiger partial charge in [-0.05, 0) is 0 Å². The Morgan fingerprint density at radius 2 is 1.00 bits per heavy atom. The monoisotopic (exact) mass is 328 g/mol. The first kappa shape index (κ1) is 15.9. The molecule has 4 nitrogen and oxygen atoms in total. The van der Waals surface area contributed by atoms with Crippen molar-refractivity contribution in [3.63, 3.8) is 0 Å². The van der Waals surface area contributed by atoms with Gasteiger partial charge in [-0.1, -0.05) is 0 Å². The van der Waals surface area contributed by atoms with E-state index in [0.29, 0.717) is 0 Å². The standard InChI is InChI=1S/2C2H4O2.Pb/c2*1-2(3)4;/h2*1H3,(H,3,4);. The Morgan fingerprint density at radius 1 is 1.00 bits per heavy atom. The summed E-state index contributed by atoms with van der Waals surface area (Å²) in [5, 5.41) is 14.8. The van der Waals surface area contributed by atoms with E-state index in [9.17, 15) is 0 Å². The molecule has 0 aromatic carbocycles. The zero-order chi connectivity index (χ0) is 7.15. The minimum absolute atomic E-state index is 0. The molecular formula is C4H8O4Pb. The molecule has 0 heterocycles. The van der Waals surface area contributed by atoms with Crippen LogP contribution in [0.2, 0.25) is 0 Å². The zero-order valence-electron chi connectivity index (χ0n) is 5.21. The van der Waals surface area contributed by atoms with Crippen LogP contribution in [0.5, 0.6) is 0 Å². The molecule has 2 N–H and O–H groups in total. The van der Waals surface area contributed by atoms with E-state index in [2.05, 4.69) is 0 Å². The van der Waals surface area contributed by atoms with Gasteiger partial charge in [0, 0.05) is 41.1 Å². The summed E-state index contributed by atoms with van der Waals surface area (Å²) in [6.07, 6.45) is 0. The first-order chi connectivity index (χ1) is 3.46. The molecule has 0 bridgehead atoms. The van der Waals surface area contributed by atoms with Crippen molar-refractivity contribution < 1.29 is 19.8 Å². The van der Waals surface area contributed by atoms with E-state index in [1.165, 1.54) is 0 Å². The molecule has 0 aromatic rings. The number of rotatable bonds is 0. The molecule has 5 heteroatoms. The fourth-order valence-corrected chi connectivity index (χ4v) is 0. The third-order valence-corrected chi connectivity index (χ3v) is 0. The summed E-state index contributed by atoms with van der Waals surface area (Å²) in [4.78, 5) is 18.0. The maximum absolute atomic E-state index is 9.00. The summed E-state index contributed by atoms with van der Waals surface area (Å²) in [5.41, 5.74) is 0. The van der Waals surface area contributed by atoms with Gasteiger partial charge < -0.3 is 10.2 Å². The van der Waals surface area contributed by atoms with Crippen LogP contribution in [0.4, 0.5) is 0 Å². The predicted octanol–water partition coefficient (Wildman–Crippen LogP) is -0.199. The Hall–Kier alpha value is -0.138. The van der Waals surface area contributed by atoms with Crippen molar-refractivity contribution in [1.82, 2.24) is 0 Å². The van der Waals surface area contributed by atoms with Crippen LogP contribution in [-0.2, 0) is 9.59 Å². The molecule has 0 amide bonds. The second-order valence-electron chi connectivity index (χ2n) is 1.04. The van der Waals surface area contributed by atoms with Crippen LogP contribution in [0.15, 0.2) is 0 Å². The third-order valence-electron chi connectivity index (χ3n) is 0. The third kappa shape index (κ3) is 14200. The first-order valence-electron chi connectivity index (χ1n) is 1.86. The van der Waals surface area contributed by atoms with E-state index in [-0.39, 0.29) is 27.3 Å². The van der Waals surface area contributed by atoms with E-state index >= 15 is 0 Å². The SMILES string of the molecule is CC(=O)O.CC(=O)O.[Pb]. The molecule has 0 fully saturated rings. The Kier molecular flexibility index (Phi) is 19.1. The van der Waals surface area contributed by atoms with E-state index in [0.717, 1.165) is 13.8 Å². The van der Waals surface area contributed by atoms with Crippen LogP contribution in [0.3, 0.4) is 0 Å². The van der Waals surface area contributed by atoms with Gasteiger partial charge in [0.15, 0.2) is 0 Å². The fourth-order valence-electron chi connectivity index (χ4n) is 0. The van der Waals surface area contributed by atoms with Crippen molar-refractivity contribution in [3.05, 3.63) is 0 Å². The molecule has 0 aliphatic rings. The van der Waals surface area contributed by atoms with Gasteiger partial charge in [0.25, 0.3) is 11.9 Å². The predicted molar refractivity (Wildman–Crippen MR) is 32.4 cm³/mol. The van der Waals surface area contributed by atoms with Crippen LogP contribution in [0.25, 0.3) is 0 Å². The van der Waals surface area contributed by atoms with Crippen molar-refractivity contribution in [2.75, 3.05) is 0 Å². The Balaban J connectivity index is -0.0000000720. The molecule has 0 spiro atoms. The van der Waals surface area contributed by atoms with Gasteiger partial charge >= 0.3 is 0 Å². The molecule has 0 aromatic heterocycles. The molecule has 0 saturated carbocycles. The molecule has 0 rings (SSSR count). The maximum atomic E-state index is 9.00. The second-order valence-corrected chi connectivity index (χ2v) is 1.04. The largest absolute Gasteiger partial charge is 0.481 e. The molecule has 0 aliphatic carbocycles. The van der Waals surface area contributed by atoms with Crippen molar-refractivity contribution in [2.45, 2.75) is 13.8 Å². The van der Waals surface area contributed by atoms with Crippen molar-refractivity contribution in [3.8, 4) is 0 Å². The Labute approximate surface area is 73.0 Å². The molecule has 0 unspecified atom stereocenters. The fraction of sp³-hybridized carbons (Fsp3) is 0.500. The summed E-state index contributed by atoms with van der Waals surface area (Å²) in [5.74, 6) is -1.67. The Morgan fingerprint density at radius 3 is 1.00 bits per heavy atom. The molecule has 9 heavy (non-hydrogen) atoms. The number of carbonyl (C=O) groups is 2. The van der Waals surface area contributed by atoms with Crippen molar-refractivity contribution in [1.29, 1.82) is 0 Å². The van der Waals surface area contributed by atoms with Gasteiger partial charge in [-0.3, -0.25) is 9.59 Å². The van der Waals surface area contributed by atoms with Crippen LogP contribution in [-0.4, -0.2) is 49.5 Å². The number of hydrogen-bond donors (Lipinski definition) is 2.